The summed E-state index contributed by atoms with van der Waals surface area (Å²) in [6.45, 7) is 3.28. The van der Waals surface area contributed by atoms with E-state index in [1.165, 1.54) is 29.3 Å². The molecule has 0 radical (unpaired) electrons. The van der Waals surface area contributed by atoms with E-state index in [1.54, 1.807) is 0 Å². The first kappa shape index (κ1) is 14.1. The van der Waals surface area contributed by atoms with E-state index in [4.69, 9.17) is 4.74 Å². The number of methoxy groups -OCH3 is 1. The fourth-order valence-electron chi connectivity index (χ4n) is 5.32. The number of ether oxygens (including phenoxy) is 1. The zero-order valence-corrected chi connectivity index (χ0v) is 14.1. The molecule has 4 atom stereocenters. The van der Waals surface area contributed by atoms with Crippen LogP contribution >= 0.6 is 0 Å². The van der Waals surface area contributed by atoms with Gasteiger partial charge in [0.15, 0.2) is 0 Å². The van der Waals surface area contributed by atoms with Crippen LogP contribution in [0, 0.1) is 11.8 Å². The Hall–Kier alpha value is -2.23. The van der Waals surface area contributed by atoms with Gasteiger partial charge in [0.05, 0.1) is 24.6 Å². The van der Waals surface area contributed by atoms with Crippen molar-refractivity contribution in [2.45, 2.75) is 31.7 Å². The number of hydrogen-bond donors (Lipinski definition) is 0. The Morgan fingerprint density at radius 2 is 2.12 bits per heavy atom. The third kappa shape index (κ3) is 1.61. The molecule has 0 N–H and O–H groups in total. The van der Waals surface area contributed by atoms with E-state index < -0.39 is 0 Å². The fourth-order valence-corrected chi connectivity index (χ4v) is 5.32. The Kier molecular flexibility index (Phi) is 2.88. The predicted molar refractivity (Wildman–Crippen MR) is 93.4 cm³/mol. The number of hydrogen-bond acceptors (Lipinski definition) is 3. The van der Waals surface area contributed by atoms with Gasteiger partial charge >= 0.3 is 5.97 Å². The highest BCUT2D eigenvalue weighted by Gasteiger charge is 2.50. The number of nitrogens with zero attached hydrogens (tertiary/aromatic N) is 2. The molecular weight excluding hydrogens is 300 g/mol. The van der Waals surface area contributed by atoms with Gasteiger partial charge in [0.25, 0.3) is 0 Å². The monoisotopic (exact) mass is 322 g/mol. The van der Waals surface area contributed by atoms with Crippen LogP contribution in [0.1, 0.15) is 43.0 Å². The lowest BCUT2D eigenvalue weighted by Gasteiger charge is -2.51. The summed E-state index contributed by atoms with van der Waals surface area (Å²) in [5, 5.41) is 1.21. The second-order valence-electron chi connectivity index (χ2n) is 7.27. The lowest BCUT2D eigenvalue weighted by molar-refractivity contribution is -0.146. The first-order chi connectivity index (χ1) is 11.7. The van der Waals surface area contributed by atoms with Gasteiger partial charge in [0, 0.05) is 30.0 Å². The van der Waals surface area contributed by atoms with Gasteiger partial charge in [-0.15, -0.1) is 0 Å². The molecule has 1 aliphatic carbocycles. The SMILES string of the molecule is CC[C@H]1CN2C=Cn3c4c(c5ccccc53)[C@H](C(=O)OC)[C@@H]1C[C@H]42. The number of aromatic nitrogens is 1. The number of esters is 1. The Bertz CT molecular complexity index is 866. The number of benzene rings is 1. The van der Waals surface area contributed by atoms with Crippen molar-refractivity contribution in [1.82, 2.24) is 9.47 Å². The van der Waals surface area contributed by atoms with Crippen LogP contribution in [-0.2, 0) is 9.53 Å². The molecule has 2 aliphatic heterocycles. The average molecular weight is 322 g/mol. The van der Waals surface area contributed by atoms with Crippen molar-refractivity contribution >= 4 is 23.1 Å². The first-order valence-electron chi connectivity index (χ1n) is 8.89. The van der Waals surface area contributed by atoms with Gasteiger partial charge in [0.2, 0.25) is 0 Å². The second kappa shape index (κ2) is 4.88. The Morgan fingerprint density at radius 1 is 1.29 bits per heavy atom. The van der Waals surface area contributed by atoms with Crippen LogP contribution < -0.4 is 0 Å². The van der Waals surface area contributed by atoms with E-state index in [2.05, 4.69) is 53.1 Å². The maximum absolute atomic E-state index is 12.8. The van der Waals surface area contributed by atoms with E-state index in [0.717, 1.165) is 19.4 Å². The third-order valence-corrected chi connectivity index (χ3v) is 6.38. The highest BCUT2D eigenvalue weighted by Crippen LogP contribution is 2.55. The number of carbonyl (C=O) groups excluding carboxylic acids is 1. The van der Waals surface area contributed by atoms with Crippen molar-refractivity contribution in [2.75, 3.05) is 13.7 Å². The molecule has 0 amide bonds. The maximum atomic E-state index is 12.8. The average Bonchev–Trinajstić information content (AvgIpc) is 2.96. The number of piperidine rings is 1. The Balaban J connectivity index is 1.85. The van der Waals surface area contributed by atoms with Gasteiger partial charge in [-0.1, -0.05) is 31.5 Å². The van der Waals surface area contributed by atoms with E-state index in [0.29, 0.717) is 17.9 Å². The quantitative estimate of drug-likeness (QED) is 0.790. The molecule has 1 aromatic heterocycles. The van der Waals surface area contributed by atoms with Crippen LogP contribution in [-0.4, -0.2) is 29.1 Å². The minimum absolute atomic E-state index is 0.0703. The van der Waals surface area contributed by atoms with Crippen molar-refractivity contribution in [3.63, 3.8) is 0 Å². The van der Waals surface area contributed by atoms with Crippen molar-refractivity contribution < 1.29 is 9.53 Å². The number of para-hydroxylation sites is 1. The summed E-state index contributed by atoms with van der Waals surface area (Å²) in [6, 6.07) is 8.86. The molecule has 4 nitrogen and oxygen atoms in total. The molecule has 2 bridgehead atoms. The van der Waals surface area contributed by atoms with E-state index in [9.17, 15) is 4.79 Å². The van der Waals surface area contributed by atoms with E-state index >= 15 is 0 Å². The molecule has 3 aliphatic rings. The molecule has 1 saturated heterocycles. The molecule has 0 saturated carbocycles. The Morgan fingerprint density at radius 3 is 2.92 bits per heavy atom. The molecule has 3 heterocycles. The molecule has 124 valence electrons. The van der Waals surface area contributed by atoms with Crippen LogP contribution in [0.5, 0.6) is 0 Å². The minimum Gasteiger partial charge on any atom is -0.469 e. The van der Waals surface area contributed by atoms with Gasteiger partial charge in [-0.2, -0.15) is 0 Å². The zero-order valence-electron chi connectivity index (χ0n) is 14.1. The molecule has 4 heteroatoms. The molecule has 1 aromatic carbocycles. The lowest BCUT2D eigenvalue weighted by atomic mass is 9.65. The highest BCUT2D eigenvalue weighted by molar-refractivity contribution is 5.94. The van der Waals surface area contributed by atoms with E-state index in [1.807, 2.05) is 0 Å². The molecule has 2 aromatic rings. The standard InChI is InChI=1S/C20H22N2O2/c1-3-12-11-21-8-9-22-15-7-5-4-6-13(15)17-18(20(23)24-2)14(12)10-16(21)19(17)22/h4-9,12,14,16,18H,3,10-11H2,1-2H3/t12-,14+,16+,18+/m0/s1. The smallest absolute Gasteiger partial charge is 0.313 e. The fraction of sp³-hybridized carbons (Fsp3) is 0.450. The molecule has 1 fully saturated rings. The largest absolute Gasteiger partial charge is 0.469 e. The highest BCUT2D eigenvalue weighted by atomic mass is 16.5. The number of fused-ring (bicyclic) bond motifs is 4. The summed E-state index contributed by atoms with van der Waals surface area (Å²) in [7, 11) is 1.52. The van der Waals surface area contributed by atoms with E-state index in [-0.39, 0.29) is 11.9 Å². The molecular formula is C20H22N2O2. The van der Waals surface area contributed by atoms with Crippen LogP contribution in [0.15, 0.2) is 30.5 Å². The summed E-state index contributed by atoms with van der Waals surface area (Å²) in [5.41, 5.74) is 3.72. The van der Waals surface area contributed by atoms with Crippen molar-refractivity contribution in [3.05, 3.63) is 41.7 Å². The van der Waals surface area contributed by atoms with Crippen molar-refractivity contribution in [2.24, 2.45) is 11.8 Å². The van der Waals surface area contributed by atoms with Gasteiger partial charge < -0.3 is 14.2 Å². The molecule has 5 rings (SSSR count). The molecule has 24 heavy (non-hydrogen) atoms. The van der Waals surface area contributed by atoms with Crippen LogP contribution in [0.3, 0.4) is 0 Å². The summed E-state index contributed by atoms with van der Waals surface area (Å²) in [4.78, 5) is 15.3. The summed E-state index contributed by atoms with van der Waals surface area (Å²) < 4.78 is 7.55. The number of carbonyl (C=O) groups is 1. The topological polar surface area (TPSA) is 34.5 Å². The second-order valence-corrected chi connectivity index (χ2v) is 7.27. The lowest BCUT2D eigenvalue weighted by Crippen LogP contribution is -2.48. The maximum Gasteiger partial charge on any atom is 0.313 e. The Labute approximate surface area is 141 Å². The normalized spacial score (nSPS) is 29.8. The molecule has 0 unspecified atom stereocenters. The van der Waals surface area contributed by atoms with Gasteiger partial charge in [-0.25, -0.2) is 0 Å². The third-order valence-electron chi connectivity index (χ3n) is 6.38. The minimum atomic E-state index is -0.133. The van der Waals surface area contributed by atoms with Gasteiger partial charge in [-0.05, 0) is 29.9 Å². The van der Waals surface area contributed by atoms with Crippen molar-refractivity contribution in [3.8, 4) is 0 Å². The number of rotatable bonds is 2. The molecule has 0 spiro atoms. The van der Waals surface area contributed by atoms with Gasteiger partial charge in [0.1, 0.15) is 0 Å². The van der Waals surface area contributed by atoms with Crippen LogP contribution in [0.4, 0.5) is 0 Å². The first-order valence-corrected chi connectivity index (χ1v) is 8.89. The van der Waals surface area contributed by atoms with Gasteiger partial charge in [-0.3, -0.25) is 4.79 Å². The van der Waals surface area contributed by atoms with Crippen LogP contribution in [0.2, 0.25) is 0 Å². The summed E-state index contributed by atoms with van der Waals surface area (Å²) in [6.07, 6.45) is 6.56. The predicted octanol–water partition coefficient (Wildman–Crippen LogP) is 3.74. The van der Waals surface area contributed by atoms with Crippen LogP contribution in [0.25, 0.3) is 17.1 Å². The van der Waals surface area contributed by atoms with Crippen molar-refractivity contribution in [1.29, 1.82) is 0 Å². The summed E-state index contributed by atoms with van der Waals surface area (Å²) >= 11 is 0. The zero-order chi connectivity index (χ0) is 16.4. The summed E-state index contributed by atoms with van der Waals surface area (Å²) in [5.74, 6) is 0.704.